The SMILES string of the molecule is CCCCC(NCC1CCCCC1CO)C(=O)OC. The van der Waals surface area contributed by atoms with Crippen molar-refractivity contribution in [1.82, 2.24) is 5.32 Å². The highest BCUT2D eigenvalue weighted by Crippen LogP contribution is 2.29. The molecule has 0 aromatic rings. The zero-order valence-electron chi connectivity index (χ0n) is 12.4. The van der Waals surface area contributed by atoms with Crippen LogP contribution in [0.5, 0.6) is 0 Å². The predicted molar refractivity (Wildman–Crippen MR) is 75.9 cm³/mol. The average Bonchev–Trinajstić information content (AvgIpc) is 2.47. The fourth-order valence-electron chi connectivity index (χ4n) is 2.94. The Labute approximate surface area is 116 Å². The van der Waals surface area contributed by atoms with Crippen molar-refractivity contribution in [3.05, 3.63) is 0 Å². The molecule has 3 atom stereocenters. The smallest absolute Gasteiger partial charge is 0.322 e. The molecular weight excluding hydrogens is 242 g/mol. The highest BCUT2D eigenvalue weighted by molar-refractivity contribution is 5.75. The van der Waals surface area contributed by atoms with Crippen LogP contribution in [0.4, 0.5) is 0 Å². The fraction of sp³-hybridized carbons (Fsp3) is 0.933. The van der Waals surface area contributed by atoms with Crippen LogP contribution in [0.15, 0.2) is 0 Å². The van der Waals surface area contributed by atoms with Crippen molar-refractivity contribution >= 4 is 5.97 Å². The number of hydrogen-bond donors (Lipinski definition) is 2. The third kappa shape index (κ3) is 5.49. The van der Waals surface area contributed by atoms with Gasteiger partial charge in [-0.15, -0.1) is 0 Å². The number of carbonyl (C=O) groups is 1. The first kappa shape index (κ1) is 16.4. The molecule has 4 nitrogen and oxygen atoms in total. The fourth-order valence-corrected chi connectivity index (χ4v) is 2.94. The average molecular weight is 271 g/mol. The van der Waals surface area contributed by atoms with Crippen molar-refractivity contribution in [2.45, 2.75) is 57.9 Å². The molecule has 1 aliphatic rings. The van der Waals surface area contributed by atoms with Crippen LogP contribution >= 0.6 is 0 Å². The van der Waals surface area contributed by atoms with Crippen LogP contribution in [0, 0.1) is 11.8 Å². The van der Waals surface area contributed by atoms with Gasteiger partial charge in [0.25, 0.3) is 0 Å². The minimum Gasteiger partial charge on any atom is -0.468 e. The van der Waals surface area contributed by atoms with Crippen LogP contribution in [0.3, 0.4) is 0 Å². The van der Waals surface area contributed by atoms with Gasteiger partial charge in [0.15, 0.2) is 0 Å². The zero-order valence-corrected chi connectivity index (χ0v) is 12.4. The number of ether oxygens (including phenoxy) is 1. The number of esters is 1. The number of rotatable bonds is 8. The molecule has 1 rings (SSSR count). The van der Waals surface area contributed by atoms with Gasteiger partial charge in [0, 0.05) is 6.61 Å². The van der Waals surface area contributed by atoms with Crippen molar-refractivity contribution < 1.29 is 14.6 Å². The number of aliphatic hydroxyl groups is 1. The first-order valence-corrected chi connectivity index (χ1v) is 7.65. The lowest BCUT2D eigenvalue weighted by Gasteiger charge is -2.31. The van der Waals surface area contributed by atoms with E-state index in [2.05, 4.69) is 12.2 Å². The summed E-state index contributed by atoms with van der Waals surface area (Å²) >= 11 is 0. The Morgan fingerprint density at radius 3 is 2.63 bits per heavy atom. The molecule has 4 heteroatoms. The maximum absolute atomic E-state index is 11.7. The molecule has 3 unspecified atom stereocenters. The first-order chi connectivity index (χ1) is 9.22. The van der Waals surface area contributed by atoms with Gasteiger partial charge in [-0.05, 0) is 37.6 Å². The van der Waals surface area contributed by atoms with Gasteiger partial charge in [-0.3, -0.25) is 4.79 Å². The highest BCUT2D eigenvalue weighted by Gasteiger charge is 2.26. The summed E-state index contributed by atoms with van der Waals surface area (Å²) in [7, 11) is 1.44. The normalized spacial score (nSPS) is 25.0. The third-order valence-corrected chi connectivity index (χ3v) is 4.26. The zero-order chi connectivity index (χ0) is 14.1. The van der Waals surface area contributed by atoms with E-state index in [0.717, 1.165) is 38.6 Å². The standard InChI is InChI=1S/C15H29NO3/c1-3-4-9-14(15(18)19-2)16-10-12-7-5-6-8-13(12)11-17/h12-14,16-17H,3-11H2,1-2H3. The number of hydrogen-bond acceptors (Lipinski definition) is 4. The Balaban J connectivity index is 2.42. The Morgan fingerprint density at radius 1 is 1.37 bits per heavy atom. The van der Waals surface area contributed by atoms with E-state index in [9.17, 15) is 9.90 Å². The quantitative estimate of drug-likeness (QED) is 0.664. The molecule has 0 radical (unpaired) electrons. The molecule has 2 N–H and O–H groups in total. The van der Waals surface area contributed by atoms with Gasteiger partial charge in [0.2, 0.25) is 0 Å². The highest BCUT2D eigenvalue weighted by atomic mass is 16.5. The van der Waals surface area contributed by atoms with Gasteiger partial charge in [0.05, 0.1) is 7.11 Å². The second kappa shape index (κ2) is 9.32. The maximum atomic E-state index is 11.7. The summed E-state index contributed by atoms with van der Waals surface area (Å²) in [4.78, 5) is 11.7. The summed E-state index contributed by atoms with van der Waals surface area (Å²) < 4.78 is 4.85. The molecule has 0 bridgehead atoms. The Bertz CT molecular complexity index is 258. The third-order valence-electron chi connectivity index (χ3n) is 4.26. The van der Waals surface area contributed by atoms with E-state index in [4.69, 9.17) is 4.74 Å². The second-order valence-corrected chi connectivity index (χ2v) is 5.61. The molecule has 0 aliphatic heterocycles. The van der Waals surface area contributed by atoms with E-state index in [1.165, 1.54) is 20.0 Å². The van der Waals surface area contributed by atoms with Crippen LogP contribution in [0.1, 0.15) is 51.9 Å². The molecule has 0 aromatic heterocycles. The molecule has 0 saturated heterocycles. The Morgan fingerprint density at radius 2 is 2.05 bits per heavy atom. The van der Waals surface area contributed by atoms with Crippen LogP contribution in [0.25, 0.3) is 0 Å². The van der Waals surface area contributed by atoms with Gasteiger partial charge in [-0.25, -0.2) is 0 Å². The summed E-state index contributed by atoms with van der Waals surface area (Å²) in [5.41, 5.74) is 0. The van der Waals surface area contributed by atoms with Crippen molar-refractivity contribution in [3.8, 4) is 0 Å². The number of carbonyl (C=O) groups excluding carboxylic acids is 1. The molecular formula is C15H29NO3. The van der Waals surface area contributed by atoms with Crippen LogP contribution in [-0.2, 0) is 9.53 Å². The van der Waals surface area contributed by atoms with Gasteiger partial charge in [0.1, 0.15) is 6.04 Å². The van der Waals surface area contributed by atoms with Crippen molar-refractivity contribution in [3.63, 3.8) is 0 Å². The number of unbranched alkanes of at least 4 members (excludes halogenated alkanes) is 1. The molecule has 0 spiro atoms. The van der Waals surface area contributed by atoms with E-state index in [0.29, 0.717) is 11.8 Å². The van der Waals surface area contributed by atoms with E-state index in [1.807, 2.05) is 0 Å². The van der Waals surface area contributed by atoms with Crippen molar-refractivity contribution in [2.24, 2.45) is 11.8 Å². The largest absolute Gasteiger partial charge is 0.468 e. The van der Waals surface area contributed by atoms with Crippen molar-refractivity contribution in [1.29, 1.82) is 0 Å². The molecule has 1 aliphatic carbocycles. The minimum absolute atomic E-state index is 0.162. The number of nitrogens with one attached hydrogen (secondary N) is 1. The predicted octanol–water partition coefficient (Wildman–Crippen LogP) is 2.11. The van der Waals surface area contributed by atoms with Crippen LogP contribution in [-0.4, -0.2) is 37.4 Å². The lowest BCUT2D eigenvalue weighted by Crippen LogP contribution is -2.42. The van der Waals surface area contributed by atoms with Gasteiger partial charge < -0.3 is 15.2 Å². The topological polar surface area (TPSA) is 58.6 Å². The Hall–Kier alpha value is -0.610. The van der Waals surface area contributed by atoms with E-state index < -0.39 is 0 Å². The number of aliphatic hydroxyl groups excluding tert-OH is 1. The second-order valence-electron chi connectivity index (χ2n) is 5.61. The molecule has 112 valence electrons. The summed E-state index contributed by atoms with van der Waals surface area (Å²) in [6.07, 6.45) is 7.66. The molecule has 0 amide bonds. The maximum Gasteiger partial charge on any atom is 0.322 e. The monoisotopic (exact) mass is 271 g/mol. The van der Waals surface area contributed by atoms with Gasteiger partial charge in [-0.1, -0.05) is 32.6 Å². The van der Waals surface area contributed by atoms with E-state index in [-0.39, 0.29) is 18.6 Å². The van der Waals surface area contributed by atoms with E-state index >= 15 is 0 Å². The number of methoxy groups -OCH3 is 1. The summed E-state index contributed by atoms with van der Waals surface area (Å²) in [5, 5.41) is 12.8. The van der Waals surface area contributed by atoms with Gasteiger partial charge >= 0.3 is 5.97 Å². The molecule has 0 heterocycles. The first-order valence-electron chi connectivity index (χ1n) is 7.65. The van der Waals surface area contributed by atoms with E-state index in [1.54, 1.807) is 0 Å². The molecule has 19 heavy (non-hydrogen) atoms. The lowest BCUT2D eigenvalue weighted by atomic mass is 9.79. The Kier molecular flexibility index (Phi) is 8.07. The summed E-state index contributed by atoms with van der Waals surface area (Å²) in [6.45, 7) is 3.20. The minimum atomic E-state index is -0.189. The summed E-state index contributed by atoms with van der Waals surface area (Å²) in [5.74, 6) is 0.725. The van der Waals surface area contributed by atoms with Crippen molar-refractivity contribution in [2.75, 3.05) is 20.3 Å². The van der Waals surface area contributed by atoms with Gasteiger partial charge in [-0.2, -0.15) is 0 Å². The van der Waals surface area contributed by atoms with Crippen LogP contribution in [0.2, 0.25) is 0 Å². The molecule has 1 saturated carbocycles. The lowest BCUT2D eigenvalue weighted by molar-refractivity contribution is -0.143. The molecule has 0 aromatic carbocycles. The molecule has 1 fully saturated rings. The summed E-state index contributed by atoms with van der Waals surface area (Å²) in [6, 6.07) is -0.189. The van der Waals surface area contributed by atoms with Crippen LogP contribution < -0.4 is 5.32 Å².